The van der Waals surface area contributed by atoms with Gasteiger partial charge in [-0.3, -0.25) is 9.36 Å². The second-order valence-electron chi connectivity index (χ2n) is 7.64. The Labute approximate surface area is 166 Å². The molecule has 1 aliphatic heterocycles. The van der Waals surface area contributed by atoms with Gasteiger partial charge in [0, 0.05) is 32.2 Å². The van der Waals surface area contributed by atoms with Crippen molar-refractivity contribution in [3.8, 4) is 0 Å². The number of aromatic nitrogens is 3. The van der Waals surface area contributed by atoms with Gasteiger partial charge in [-0.2, -0.15) is 5.10 Å². The number of amides is 1. The van der Waals surface area contributed by atoms with Crippen molar-refractivity contribution in [1.82, 2.24) is 19.2 Å². The van der Waals surface area contributed by atoms with E-state index >= 15 is 0 Å². The summed E-state index contributed by atoms with van der Waals surface area (Å²) in [5.74, 6) is -1.89. The Morgan fingerprint density at radius 2 is 1.97 bits per heavy atom. The van der Waals surface area contributed by atoms with Crippen LogP contribution in [0.4, 0.5) is 8.78 Å². The molecule has 2 fully saturated rings. The van der Waals surface area contributed by atoms with Crippen LogP contribution in [0, 0.1) is 11.6 Å². The molecular weight excluding hydrogens is 382 g/mol. The van der Waals surface area contributed by atoms with Gasteiger partial charge in [-0.15, -0.1) is 0 Å². The van der Waals surface area contributed by atoms with E-state index in [1.54, 1.807) is 11.7 Å². The van der Waals surface area contributed by atoms with Crippen molar-refractivity contribution in [2.45, 2.75) is 44.2 Å². The average molecular weight is 406 g/mol. The zero-order valence-electron chi connectivity index (χ0n) is 16.3. The summed E-state index contributed by atoms with van der Waals surface area (Å²) in [6.07, 6.45) is 3.30. The lowest BCUT2D eigenvalue weighted by Gasteiger charge is -2.32. The fourth-order valence-electron chi connectivity index (χ4n) is 3.95. The molecule has 29 heavy (non-hydrogen) atoms. The van der Waals surface area contributed by atoms with E-state index < -0.39 is 23.1 Å². The molecule has 7 nitrogen and oxygen atoms in total. The zero-order chi connectivity index (χ0) is 20.5. The third kappa shape index (κ3) is 3.83. The molecule has 1 aliphatic carbocycles. The highest BCUT2D eigenvalue weighted by Crippen LogP contribution is 2.37. The maximum atomic E-state index is 14.1. The molecule has 1 aromatic carbocycles. The third-order valence-corrected chi connectivity index (χ3v) is 5.57. The number of hydrogen-bond acceptors (Lipinski definition) is 4. The molecule has 0 spiro atoms. The van der Waals surface area contributed by atoms with Gasteiger partial charge >= 0.3 is 5.69 Å². The first-order valence-electron chi connectivity index (χ1n) is 9.92. The summed E-state index contributed by atoms with van der Waals surface area (Å²) in [5.41, 5.74) is -0.693. The molecule has 1 unspecified atom stereocenters. The molecular formula is C20H24F2N4O3. The summed E-state index contributed by atoms with van der Waals surface area (Å²) in [4.78, 5) is 27.0. The second-order valence-corrected chi connectivity index (χ2v) is 7.64. The van der Waals surface area contributed by atoms with Crippen LogP contribution in [-0.2, 0) is 11.3 Å². The first-order valence-corrected chi connectivity index (χ1v) is 9.92. The first kappa shape index (κ1) is 19.8. The highest BCUT2D eigenvalue weighted by Gasteiger charge is 2.36. The van der Waals surface area contributed by atoms with Gasteiger partial charge in [0.15, 0.2) is 0 Å². The van der Waals surface area contributed by atoms with Crippen LogP contribution in [0.1, 0.15) is 53.8 Å². The van der Waals surface area contributed by atoms with Crippen molar-refractivity contribution < 1.29 is 18.3 Å². The normalized spacial score (nSPS) is 19.6. The Balaban J connectivity index is 1.60. The molecule has 1 amide bonds. The van der Waals surface area contributed by atoms with Gasteiger partial charge in [0.2, 0.25) is 0 Å². The summed E-state index contributed by atoms with van der Waals surface area (Å²) in [5, 5.41) is 4.53. The monoisotopic (exact) mass is 406 g/mol. The van der Waals surface area contributed by atoms with Gasteiger partial charge < -0.3 is 9.64 Å². The topological polar surface area (TPSA) is 69.4 Å². The molecule has 1 atom stereocenters. The minimum absolute atomic E-state index is 0.142. The predicted molar refractivity (Wildman–Crippen MR) is 101 cm³/mol. The van der Waals surface area contributed by atoms with Gasteiger partial charge in [-0.25, -0.2) is 18.3 Å². The van der Waals surface area contributed by atoms with Gasteiger partial charge in [-0.1, -0.05) is 6.07 Å². The molecule has 0 radical (unpaired) electrons. The smallest absolute Gasteiger partial charge is 0.346 e. The van der Waals surface area contributed by atoms with Crippen molar-refractivity contribution in [2.75, 3.05) is 26.8 Å². The van der Waals surface area contributed by atoms with Crippen LogP contribution in [-0.4, -0.2) is 52.0 Å². The fraction of sp³-hybridized carbons (Fsp3) is 0.550. The average Bonchev–Trinajstić information content (AvgIpc) is 3.49. The quantitative estimate of drug-likeness (QED) is 0.738. The van der Waals surface area contributed by atoms with E-state index in [2.05, 4.69) is 5.10 Å². The van der Waals surface area contributed by atoms with Gasteiger partial charge in [0.25, 0.3) is 5.91 Å². The minimum Gasteiger partial charge on any atom is -0.383 e. The molecule has 9 heteroatoms. The van der Waals surface area contributed by atoms with E-state index in [1.807, 2.05) is 0 Å². The summed E-state index contributed by atoms with van der Waals surface area (Å²) in [6, 6.07) is 3.55. The lowest BCUT2D eigenvalue weighted by atomic mass is 9.96. The number of halogens is 2. The van der Waals surface area contributed by atoms with E-state index in [0.29, 0.717) is 31.9 Å². The van der Waals surface area contributed by atoms with Crippen LogP contribution in [0.5, 0.6) is 0 Å². The minimum atomic E-state index is -0.865. The van der Waals surface area contributed by atoms with Crippen LogP contribution >= 0.6 is 0 Å². The van der Waals surface area contributed by atoms with Crippen LogP contribution in [0.2, 0.25) is 0 Å². The highest BCUT2D eigenvalue weighted by molar-refractivity contribution is 5.94. The standard InChI is InChI=1S/C20H24F2N4O3/c1-29-11-10-25-20(28)26(14-7-8-14)18(23-25)13-4-3-9-24(12-13)19(27)17-15(21)5-2-6-16(17)22/h2,5-6,13-14H,3-4,7-12H2,1H3. The molecule has 1 saturated heterocycles. The van der Waals surface area contributed by atoms with Crippen molar-refractivity contribution in [2.24, 2.45) is 0 Å². The molecule has 2 heterocycles. The third-order valence-electron chi connectivity index (χ3n) is 5.57. The molecule has 2 aliphatic rings. The van der Waals surface area contributed by atoms with E-state index in [9.17, 15) is 18.4 Å². The summed E-state index contributed by atoms with van der Waals surface area (Å²) in [7, 11) is 1.57. The van der Waals surface area contributed by atoms with Crippen molar-refractivity contribution >= 4 is 5.91 Å². The number of piperidine rings is 1. The number of carbonyl (C=O) groups excluding carboxylic acids is 1. The predicted octanol–water partition coefficient (Wildman–Crippen LogP) is 2.32. The Morgan fingerprint density at radius 1 is 1.24 bits per heavy atom. The highest BCUT2D eigenvalue weighted by atomic mass is 19.1. The Morgan fingerprint density at radius 3 is 2.62 bits per heavy atom. The first-order chi connectivity index (χ1) is 14.0. The lowest BCUT2D eigenvalue weighted by Crippen LogP contribution is -2.40. The number of rotatable bonds is 6. The number of ether oxygens (including phenoxy) is 1. The summed E-state index contributed by atoms with van der Waals surface area (Å²) in [6.45, 7) is 1.43. The van der Waals surface area contributed by atoms with Crippen LogP contribution in [0.15, 0.2) is 23.0 Å². The Kier molecular flexibility index (Phi) is 5.49. The Bertz CT molecular complexity index is 947. The molecule has 1 aromatic heterocycles. The van der Waals surface area contributed by atoms with Gasteiger partial charge in [0.05, 0.1) is 13.2 Å². The summed E-state index contributed by atoms with van der Waals surface area (Å²) >= 11 is 0. The van der Waals surface area contributed by atoms with Crippen LogP contribution in [0.3, 0.4) is 0 Å². The number of carbonyl (C=O) groups is 1. The van der Waals surface area contributed by atoms with E-state index in [1.165, 1.54) is 15.6 Å². The van der Waals surface area contributed by atoms with E-state index in [-0.39, 0.29) is 24.2 Å². The molecule has 4 rings (SSSR count). The van der Waals surface area contributed by atoms with Crippen LogP contribution < -0.4 is 5.69 Å². The maximum Gasteiger partial charge on any atom is 0.346 e. The van der Waals surface area contributed by atoms with E-state index in [4.69, 9.17) is 4.74 Å². The van der Waals surface area contributed by atoms with Crippen molar-refractivity contribution in [1.29, 1.82) is 0 Å². The number of hydrogen-bond donors (Lipinski definition) is 0. The van der Waals surface area contributed by atoms with Gasteiger partial charge in [-0.05, 0) is 37.8 Å². The van der Waals surface area contributed by atoms with Crippen molar-refractivity contribution in [3.63, 3.8) is 0 Å². The SMILES string of the molecule is COCCn1nc(C2CCCN(C(=O)c3c(F)cccc3F)C2)n(C2CC2)c1=O. The van der Waals surface area contributed by atoms with Crippen LogP contribution in [0.25, 0.3) is 0 Å². The number of benzene rings is 1. The molecule has 0 bridgehead atoms. The summed E-state index contributed by atoms with van der Waals surface area (Å²) < 4.78 is 36.3. The lowest BCUT2D eigenvalue weighted by molar-refractivity contribution is 0.0693. The molecule has 1 saturated carbocycles. The Hall–Kier alpha value is -2.55. The fourth-order valence-corrected chi connectivity index (χ4v) is 3.95. The van der Waals surface area contributed by atoms with E-state index in [0.717, 1.165) is 31.4 Å². The number of likely N-dealkylation sites (tertiary alicyclic amines) is 1. The van der Waals surface area contributed by atoms with Crippen molar-refractivity contribution in [3.05, 3.63) is 51.7 Å². The largest absolute Gasteiger partial charge is 0.383 e. The number of methoxy groups -OCH3 is 1. The zero-order valence-corrected chi connectivity index (χ0v) is 16.3. The molecule has 156 valence electrons. The number of nitrogens with zero attached hydrogens (tertiary/aromatic N) is 4. The molecule has 0 N–H and O–H groups in total. The maximum absolute atomic E-state index is 14.1. The van der Waals surface area contributed by atoms with Gasteiger partial charge in [0.1, 0.15) is 23.0 Å². The molecule has 2 aromatic rings. The second kappa shape index (κ2) is 8.06.